The van der Waals surface area contributed by atoms with Crippen molar-refractivity contribution < 1.29 is 23.2 Å². The van der Waals surface area contributed by atoms with E-state index in [1.54, 1.807) is 36.4 Å². The molecule has 134 valence electrons. The van der Waals surface area contributed by atoms with Gasteiger partial charge in [-0.05, 0) is 36.4 Å². The number of ether oxygens (including phenoxy) is 1. The van der Waals surface area contributed by atoms with Crippen LogP contribution in [0.4, 0.5) is 0 Å². The van der Waals surface area contributed by atoms with Crippen molar-refractivity contribution in [1.29, 1.82) is 0 Å². The number of furan rings is 1. The van der Waals surface area contributed by atoms with E-state index in [-0.39, 0.29) is 37.3 Å². The number of nitrogens with one attached hydrogen (secondary N) is 1. The van der Waals surface area contributed by atoms with Gasteiger partial charge in [-0.25, -0.2) is 0 Å². The van der Waals surface area contributed by atoms with Gasteiger partial charge < -0.3 is 18.9 Å². The Kier molecular flexibility index (Phi) is 5.65. The van der Waals surface area contributed by atoms with Gasteiger partial charge in [-0.3, -0.25) is 9.59 Å². The highest BCUT2D eigenvalue weighted by atomic mass is 35.5. The fourth-order valence-electron chi connectivity index (χ4n) is 2.01. The fourth-order valence-corrected chi connectivity index (χ4v) is 2.13. The van der Waals surface area contributed by atoms with Crippen molar-refractivity contribution in [1.82, 2.24) is 15.5 Å². The van der Waals surface area contributed by atoms with Crippen LogP contribution < -0.4 is 5.32 Å². The molecule has 3 aromatic rings. The van der Waals surface area contributed by atoms with Gasteiger partial charge in [-0.15, -0.1) is 10.2 Å². The van der Waals surface area contributed by atoms with Gasteiger partial charge in [0, 0.05) is 17.1 Å². The SMILES string of the molecule is O=C(CCNC(=O)c1ccc(Cl)cc1)OCc1nnc(-c2ccco2)o1. The van der Waals surface area contributed by atoms with Gasteiger partial charge in [-0.2, -0.15) is 0 Å². The van der Waals surface area contributed by atoms with Gasteiger partial charge >= 0.3 is 5.97 Å². The van der Waals surface area contributed by atoms with Crippen LogP contribution >= 0.6 is 11.6 Å². The van der Waals surface area contributed by atoms with E-state index in [1.807, 2.05) is 0 Å². The summed E-state index contributed by atoms with van der Waals surface area (Å²) in [5, 5.41) is 10.7. The molecule has 8 nitrogen and oxygen atoms in total. The summed E-state index contributed by atoms with van der Waals surface area (Å²) >= 11 is 5.76. The van der Waals surface area contributed by atoms with Gasteiger partial charge in [-0.1, -0.05) is 11.6 Å². The summed E-state index contributed by atoms with van der Waals surface area (Å²) in [4.78, 5) is 23.6. The average molecular weight is 376 g/mol. The third-order valence-electron chi connectivity index (χ3n) is 3.28. The number of carbonyl (C=O) groups excluding carboxylic acids is 2. The number of nitrogens with zero attached hydrogens (tertiary/aromatic N) is 2. The van der Waals surface area contributed by atoms with Crippen molar-refractivity contribution in [2.24, 2.45) is 0 Å². The minimum Gasteiger partial charge on any atom is -0.459 e. The number of hydrogen-bond donors (Lipinski definition) is 1. The van der Waals surface area contributed by atoms with Crippen LogP contribution in [-0.2, 0) is 16.1 Å². The number of benzene rings is 1. The lowest BCUT2D eigenvalue weighted by atomic mass is 10.2. The Balaban J connectivity index is 1.39. The van der Waals surface area contributed by atoms with Crippen molar-refractivity contribution in [2.45, 2.75) is 13.0 Å². The molecule has 1 N–H and O–H groups in total. The summed E-state index contributed by atoms with van der Waals surface area (Å²) in [6, 6.07) is 9.80. The first-order chi connectivity index (χ1) is 12.6. The molecule has 3 rings (SSSR count). The highest BCUT2D eigenvalue weighted by molar-refractivity contribution is 6.30. The summed E-state index contributed by atoms with van der Waals surface area (Å²) in [6.07, 6.45) is 1.50. The Hall–Kier alpha value is -3.13. The van der Waals surface area contributed by atoms with E-state index in [4.69, 9.17) is 25.2 Å². The Morgan fingerprint density at radius 3 is 2.69 bits per heavy atom. The molecule has 2 aromatic heterocycles. The molecule has 26 heavy (non-hydrogen) atoms. The Morgan fingerprint density at radius 2 is 1.96 bits per heavy atom. The summed E-state index contributed by atoms with van der Waals surface area (Å²) in [5.74, 6) is -0.0140. The van der Waals surface area contributed by atoms with Gasteiger partial charge in [0.1, 0.15) is 0 Å². The summed E-state index contributed by atoms with van der Waals surface area (Å²) in [6.45, 7) is -0.0144. The molecule has 0 unspecified atom stereocenters. The third-order valence-corrected chi connectivity index (χ3v) is 3.53. The Labute approximate surface area is 153 Å². The van der Waals surface area contributed by atoms with Crippen LogP contribution in [0.2, 0.25) is 5.02 Å². The minimum absolute atomic E-state index is 0.0124. The quantitative estimate of drug-likeness (QED) is 0.632. The molecule has 2 heterocycles. The van der Waals surface area contributed by atoms with E-state index in [1.165, 1.54) is 6.26 Å². The predicted molar refractivity (Wildman–Crippen MR) is 90.2 cm³/mol. The molecule has 0 aliphatic rings. The molecule has 9 heteroatoms. The molecule has 0 spiro atoms. The van der Waals surface area contributed by atoms with E-state index in [2.05, 4.69) is 15.5 Å². The van der Waals surface area contributed by atoms with Gasteiger partial charge in [0.15, 0.2) is 12.4 Å². The third kappa shape index (κ3) is 4.70. The summed E-state index contributed by atoms with van der Waals surface area (Å²) in [5.41, 5.74) is 0.457. The maximum atomic E-state index is 11.9. The highest BCUT2D eigenvalue weighted by Gasteiger charge is 2.13. The fraction of sp³-hybridized carbons (Fsp3) is 0.176. The van der Waals surface area contributed by atoms with Crippen molar-refractivity contribution in [3.63, 3.8) is 0 Å². The first kappa shape index (κ1) is 17.7. The van der Waals surface area contributed by atoms with Crippen LogP contribution in [0.1, 0.15) is 22.7 Å². The second-order valence-corrected chi connectivity index (χ2v) is 5.59. The lowest BCUT2D eigenvalue weighted by molar-refractivity contribution is -0.145. The number of amides is 1. The molecule has 1 amide bonds. The molecular formula is C17H14ClN3O5. The lowest BCUT2D eigenvalue weighted by Gasteiger charge is -2.05. The van der Waals surface area contributed by atoms with Gasteiger partial charge in [0.2, 0.25) is 0 Å². The van der Waals surface area contributed by atoms with Crippen molar-refractivity contribution >= 4 is 23.5 Å². The number of esters is 1. The van der Waals surface area contributed by atoms with E-state index in [0.717, 1.165) is 0 Å². The van der Waals surface area contributed by atoms with Crippen LogP contribution in [0.3, 0.4) is 0 Å². The molecule has 0 aliphatic heterocycles. The number of carbonyl (C=O) groups is 2. The number of hydrogen-bond acceptors (Lipinski definition) is 7. The van der Waals surface area contributed by atoms with E-state index >= 15 is 0 Å². The maximum Gasteiger partial charge on any atom is 0.308 e. The second-order valence-electron chi connectivity index (χ2n) is 5.15. The first-order valence-electron chi connectivity index (χ1n) is 7.67. The molecule has 0 radical (unpaired) electrons. The molecular weight excluding hydrogens is 362 g/mol. The van der Waals surface area contributed by atoms with Crippen LogP contribution in [0.15, 0.2) is 51.5 Å². The first-order valence-corrected chi connectivity index (χ1v) is 8.05. The van der Waals surface area contributed by atoms with Gasteiger partial charge in [0.25, 0.3) is 17.7 Å². The van der Waals surface area contributed by atoms with Crippen LogP contribution in [0.5, 0.6) is 0 Å². The average Bonchev–Trinajstić information content (AvgIpc) is 3.32. The monoisotopic (exact) mass is 375 g/mol. The largest absolute Gasteiger partial charge is 0.459 e. The summed E-state index contributed by atoms with van der Waals surface area (Å²) < 4.78 is 15.5. The molecule has 0 bridgehead atoms. The van der Waals surface area contributed by atoms with Crippen LogP contribution in [0.25, 0.3) is 11.7 Å². The Morgan fingerprint density at radius 1 is 1.15 bits per heavy atom. The summed E-state index contributed by atoms with van der Waals surface area (Å²) in [7, 11) is 0. The maximum absolute atomic E-state index is 11.9. The zero-order valence-electron chi connectivity index (χ0n) is 13.5. The zero-order chi connectivity index (χ0) is 18.4. The lowest BCUT2D eigenvalue weighted by Crippen LogP contribution is -2.26. The normalized spacial score (nSPS) is 10.5. The number of halogens is 1. The van der Waals surface area contributed by atoms with Crippen molar-refractivity contribution in [2.75, 3.05) is 6.54 Å². The standard InChI is InChI=1S/C17H14ClN3O5/c18-12-5-3-11(4-6-12)16(23)19-8-7-15(22)25-10-14-20-21-17(26-14)13-2-1-9-24-13/h1-6,9H,7-8,10H2,(H,19,23). The molecule has 0 atom stereocenters. The molecule has 0 aliphatic carbocycles. The van der Waals surface area contributed by atoms with Gasteiger partial charge in [0.05, 0.1) is 12.7 Å². The predicted octanol–water partition coefficient (Wildman–Crippen LogP) is 2.85. The van der Waals surface area contributed by atoms with E-state index in [0.29, 0.717) is 16.3 Å². The molecule has 0 saturated carbocycles. The highest BCUT2D eigenvalue weighted by Crippen LogP contribution is 2.18. The van der Waals surface area contributed by atoms with E-state index in [9.17, 15) is 9.59 Å². The Bertz CT molecular complexity index is 874. The van der Waals surface area contributed by atoms with Crippen LogP contribution in [0, 0.1) is 0 Å². The van der Waals surface area contributed by atoms with Crippen molar-refractivity contribution in [3.8, 4) is 11.7 Å². The van der Waals surface area contributed by atoms with Crippen LogP contribution in [-0.4, -0.2) is 28.6 Å². The minimum atomic E-state index is -0.501. The van der Waals surface area contributed by atoms with E-state index < -0.39 is 5.97 Å². The molecule has 0 fully saturated rings. The molecule has 0 saturated heterocycles. The number of aromatic nitrogens is 2. The molecule has 1 aromatic carbocycles. The second kappa shape index (κ2) is 8.30. The smallest absolute Gasteiger partial charge is 0.308 e. The topological polar surface area (TPSA) is 107 Å². The number of rotatable bonds is 7. The van der Waals surface area contributed by atoms with Crippen molar-refractivity contribution in [3.05, 3.63) is 59.1 Å². The zero-order valence-corrected chi connectivity index (χ0v) is 14.2.